The van der Waals surface area contributed by atoms with Crippen molar-refractivity contribution >= 4 is 10.0 Å². The van der Waals surface area contributed by atoms with Gasteiger partial charge >= 0.3 is 0 Å². The molecule has 21 heavy (non-hydrogen) atoms. The predicted octanol–water partition coefficient (Wildman–Crippen LogP) is 2.18. The molecule has 0 aliphatic carbocycles. The van der Waals surface area contributed by atoms with Crippen molar-refractivity contribution in [3.8, 4) is 0 Å². The highest BCUT2D eigenvalue weighted by atomic mass is 32.2. The van der Waals surface area contributed by atoms with E-state index in [0.717, 1.165) is 24.0 Å². The molecular weight excluding hydrogens is 284 g/mol. The Kier molecular flexibility index (Phi) is 5.90. The summed E-state index contributed by atoms with van der Waals surface area (Å²) in [5.74, 6) is 0.129. The SMILES string of the molecule is O=S(=O)(CCc1ccccc1)NCCCc1cccnc1. The van der Waals surface area contributed by atoms with Gasteiger partial charge in [0, 0.05) is 18.9 Å². The maximum Gasteiger partial charge on any atom is 0.211 e. The fourth-order valence-corrected chi connectivity index (χ4v) is 3.14. The zero-order chi connectivity index (χ0) is 15.0. The molecular formula is C16H20N2O2S. The summed E-state index contributed by atoms with van der Waals surface area (Å²) in [6.45, 7) is 0.464. The summed E-state index contributed by atoms with van der Waals surface area (Å²) in [6, 6.07) is 13.5. The van der Waals surface area contributed by atoms with Gasteiger partial charge < -0.3 is 0 Å². The average Bonchev–Trinajstić information content (AvgIpc) is 2.52. The second-order valence-electron chi connectivity index (χ2n) is 4.91. The van der Waals surface area contributed by atoms with E-state index in [-0.39, 0.29) is 5.75 Å². The lowest BCUT2D eigenvalue weighted by molar-refractivity contribution is 0.578. The van der Waals surface area contributed by atoms with Crippen LogP contribution in [0.4, 0.5) is 0 Å². The molecule has 2 rings (SSSR count). The molecule has 0 fully saturated rings. The van der Waals surface area contributed by atoms with Crippen molar-refractivity contribution < 1.29 is 8.42 Å². The van der Waals surface area contributed by atoms with Gasteiger partial charge in [0.15, 0.2) is 0 Å². The molecule has 0 aliphatic heterocycles. The third-order valence-corrected chi connectivity index (χ3v) is 4.57. The Morgan fingerprint density at radius 3 is 2.43 bits per heavy atom. The number of hydrogen-bond donors (Lipinski definition) is 1. The molecule has 0 saturated carbocycles. The molecule has 1 heterocycles. The molecule has 1 N–H and O–H groups in total. The van der Waals surface area contributed by atoms with E-state index >= 15 is 0 Å². The fourth-order valence-electron chi connectivity index (χ4n) is 2.04. The van der Waals surface area contributed by atoms with Crippen molar-refractivity contribution in [2.45, 2.75) is 19.3 Å². The van der Waals surface area contributed by atoms with Crippen LogP contribution in [0.2, 0.25) is 0 Å². The summed E-state index contributed by atoms with van der Waals surface area (Å²) >= 11 is 0. The number of pyridine rings is 1. The van der Waals surface area contributed by atoms with E-state index in [9.17, 15) is 8.42 Å². The van der Waals surface area contributed by atoms with Gasteiger partial charge in [0.2, 0.25) is 10.0 Å². The van der Waals surface area contributed by atoms with E-state index in [1.165, 1.54) is 0 Å². The van der Waals surface area contributed by atoms with Crippen LogP contribution in [0.3, 0.4) is 0 Å². The number of aryl methyl sites for hydroxylation is 2. The highest BCUT2D eigenvalue weighted by Gasteiger charge is 2.09. The van der Waals surface area contributed by atoms with Crippen molar-refractivity contribution in [3.63, 3.8) is 0 Å². The molecule has 1 aromatic carbocycles. The van der Waals surface area contributed by atoms with E-state index in [4.69, 9.17) is 0 Å². The number of aromatic nitrogens is 1. The molecule has 0 bridgehead atoms. The highest BCUT2D eigenvalue weighted by Crippen LogP contribution is 2.02. The quantitative estimate of drug-likeness (QED) is 0.760. The van der Waals surface area contributed by atoms with Gasteiger partial charge in [-0.2, -0.15) is 0 Å². The monoisotopic (exact) mass is 304 g/mol. The standard InChI is InChI=1S/C16H20N2O2S/c19-21(20,13-10-15-6-2-1-3-7-15)18-12-5-9-16-8-4-11-17-14-16/h1-4,6-8,11,14,18H,5,9-10,12-13H2. The summed E-state index contributed by atoms with van der Waals surface area (Å²) in [5, 5.41) is 0. The summed E-state index contributed by atoms with van der Waals surface area (Å²) < 4.78 is 26.4. The van der Waals surface area contributed by atoms with Gasteiger partial charge in [0.05, 0.1) is 5.75 Å². The van der Waals surface area contributed by atoms with Crippen LogP contribution in [0.1, 0.15) is 17.5 Å². The van der Waals surface area contributed by atoms with E-state index in [0.29, 0.717) is 13.0 Å². The Labute approximate surface area is 126 Å². The molecule has 0 radical (unpaired) electrons. The Balaban J connectivity index is 1.69. The Bertz CT molecular complexity index is 628. The van der Waals surface area contributed by atoms with Crippen molar-refractivity contribution in [2.75, 3.05) is 12.3 Å². The average molecular weight is 304 g/mol. The van der Waals surface area contributed by atoms with E-state index < -0.39 is 10.0 Å². The number of nitrogens with one attached hydrogen (secondary N) is 1. The van der Waals surface area contributed by atoms with Gasteiger partial charge in [0.25, 0.3) is 0 Å². The predicted molar refractivity (Wildman–Crippen MR) is 84.5 cm³/mol. The fraction of sp³-hybridized carbons (Fsp3) is 0.312. The molecule has 5 heteroatoms. The number of nitrogens with zero attached hydrogens (tertiary/aromatic N) is 1. The van der Waals surface area contributed by atoms with Crippen LogP contribution in [0.15, 0.2) is 54.9 Å². The van der Waals surface area contributed by atoms with Gasteiger partial charge in [-0.15, -0.1) is 0 Å². The van der Waals surface area contributed by atoms with Crippen LogP contribution < -0.4 is 4.72 Å². The molecule has 4 nitrogen and oxygen atoms in total. The van der Waals surface area contributed by atoms with Gasteiger partial charge in [-0.3, -0.25) is 4.98 Å². The first-order chi connectivity index (χ1) is 10.2. The van der Waals surface area contributed by atoms with Gasteiger partial charge in [-0.05, 0) is 36.5 Å². The normalized spacial score (nSPS) is 11.4. The summed E-state index contributed by atoms with van der Waals surface area (Å²) in [4.78, 5) is 4.04. The molecule has 1 aromatic heterocycles. The summed E-state index contributed by atoms with van der Waals surface area (Å²) in [6.07, 6.45) is 5.68. The van der Waals surface area contributed by atoms with Gasteiger partial charge in [-0.25, -0.2) is 13.1 Å². The van der Waals surface area contributed by atoms with Crippen LogP contribution in [0.25, 0.3) is 0 Å². The molecule has 0 atom stereocenters. The second-order valence-corrected chi connectivity index (χ2v) is 6.84. The molecule has 0 saturated heterocycles. The third kappa shape index (κ3) is 6.06. The number of sulfonamides is 1. The second kappa shape index (κ2) is 7.90. The Morgan fingerprint density at radius 2 is 1.71 bits per heavy atom. The van der Waals surface area contributed by atoms with Crippen molar-refractivity contribution in [1.82, 2.24) is 9.71 Å². The molecule has 0 unspecified atom stereocenters. The number of hydrogen-bond acceptors (Lipinski definition) is 3. The zero-order valence-corrected chi connectivity index (χ0v) is 12.7. The topological polar surface area (TPSA) is 59.1 Å². The highest BCUT2D eigenvalue weighted by molar-refractivity contribution is 7.89. The van der Waals surface area contributed by atoms with Crippen molar-refractivity contribution in [1.29, 1.82) is 0 Å². The summed E-state index contributed by atoms with van der Waals surface area (Å²) in [5.41, 5.74) is 2.17. The molecule has 0 spiro atoms. The number of benzene rings is 1. The minimum absolute atomic E-state index is 0.129. The smallest absolute Gasteiger partial charge is 0.211 e. The maximum atomic E-state index is 11.9. The van der Waals surface area contributed by atoms with Crippen LogP contribution in [0, 0.1) is 0 Å². The lowest BCUT2D eigenvalue weighted by Gasteiger charge is -2.07. The van der Waals surface area contributed by atoms with E-state index in [1.807, 2.05) is 48.7 Å². The third-order valence-electron chi connectivity index (χ3n) is 3.19. The van der Waals surface area contributed by atoms with Crippen molar-refractivity contribution in [2.24, 2.45) is 0 Å². The Morgan fingerprint density at radius 1 is 0.952 bits per heavy atom. The van der Waals surface area contributed by atoms with Crippen LogP contribution >= 0.6 is 0 Å². The summed E-state index contributed by atoms with van der Waals surface area (Å²) in [7, 11) is -3.20. The van der Waals surface area contributed by atoms with Crippen LogP contribution in [-0.2, 0) is 22.9 Å². The van der Waals surface area contributed by atoms with E-state index in [2.05, 4.69) is 9.71 Å². The first-order valence-corrected chi connectivity index (χ1v) is 8.71. The molecule has 0 aliphatic rings. The first kappa shape index (κ1) is 15.7. The van der Waals surface area contributed by atoms with Crippen molar-refractivity contribution in [3.05, 3.63) is 66.0 Å². The lowest BCUT2D eigenvalue weighted by Crippen LogP contribution is -2.28. The minimum atomic E-state index is -3.20. The molecule has 112 valence electrons. The number of rotatable bonds is 8. The first-order valence-electron chi connectivity index (χ1n) is 7.06. The molecule has 2 aromatic rings. The zero-order valence-electron chi connectivity index (χ0n) is 11.9. The largest absolute Gasteiger partial charge is 0.264 e. The van der Waals surface area contributed by atoms with Crippen LogP contribution in [0.5, 0.6) is 0 Å². The van der Waals surface area contributed by atoms with Gasteiger partial charge in [-0.1, -0.05) is 36.4 Å². The van der Waals surface area contributed by atoms with E-state index in [1.54, 1.807) is 6.20 Å². The maximum absolute atomic E-state index is 11.9. The minimum Gasteiger partial charge on any atom is -0.264 e. The lowest BCUT2D eigenvalue weighted by atomic mass is 10.2. The Hall–Kier alpha value is -1.72. The molecule has 0 amide bonds. The van der Waals surface area contributed by atoms with Gasteiger partial charge in [0.1, 0.15) is 0 Å². The van der Waals surface area contributed by atoms with Crippen LogP contribution in [-0.4, -0.2) is 25.7 Å².